The van der Waals surface area contributed by atoms with Crippen molar-refractivity contribution in [3.63, 3.8) is 0 Å². The van der Waals surface area contributed by atoms with Gasteiger partial charge in [0.1, 0.15) is 17.9 Å². The maximum Gasteiger partial charge on any atom is 0.342 e. The molecule has 3 aromatic carbocycles. The van der Waals surface area contributed by atoms with E-state index in [1.807, 2.05) is 61.5 Å². The van der Waals surface area contributed by atoms with E-state index in [1.165, 1.54) is 0 Å². The molecule has 4 aromatic rings. The number of carbonyl (C=O) groups is 1. The lowest BCUT2D eigenvalue weighted by Gasteiger charge is -2.10. The maximum absolute atomic E-state index is 12.9. The van der Waals surface area contributed by atoms with Crippen molar-refractivity contribution in [1.82, 2.24) is 0 Å². The fourth-order valence-corrected chi connectivity index (χ4v) is 3.36. The van der Waals surface area contributed by atoms with Gasteiger partial charge in [0.15, 0.2) is 11.0 Å². The molecule has 0 saturated carbocycles. The van der Waals surface area contributed by atoms with Gasteiger partial charge >= 0.3 is 5.97 Å². The van der Waals surface area contributed by atoms with Crippen molar-refractivity contribution in [3.8, 4) is 11.3 Å². The van der Waals surface area contributed by atoms with E-state index < -0.39 is 5.97 Å². The zero-order valence-corrected chi connectivity index (χ0v) is 16.3. The number of carbonyl (C=O) groups excluding carboxylic acids is 1. The number of esters is 1. The fraction of sp³-hybridized carbons (Fsp3) is 0.120. The number of hydrogen-bond donors (Lipinski definition) is 0. The molecule has 1 heterocycles. The number of rotatable bonds is 4. The molecule has 0 aliphatic carbocycles. The van der Waals surface area contributed by atoms with Crippen LogP contribution in [0.3, 0.4) is 0 Å². The van der Waals surface area contributed by atoms with Crippen molar-refractivity contribution in [2.24, 2.45) is 0 Å². The van der Waals surface area contributed by atoms with Gasteiger partial charge in [0.2, 0.25) is 0 Å². The van der Waals surface area contributed by atoms with Crippen LogP contribution in [0.25, 0.3) is 22.3 Å². The molecule has 0 radical (unpaired) electrons. The summed E-state index contributed by atoms with van der Waals surface area (Å²) in [7, 11) is 0. The Bertz CT molecular complexity index is 1250. The predicted octanol–water partition coefficient (Wildman–Crippen LogP) is 5.43. The number of aryl methyl sites for hydroxylation is 1. The van der Waals surface area contributed by atoms with Crippen molar-refractivity contribution in [3.05, 3.63) is 105 Å². The molecule has 144 valence electrons. The first kappa shape index (κ1) is 18.7. The van der Waals surface area contributed by atoms with Crippen molar-refractivity contribution in [2.45, 2.75) is 20.5 Å². The summed E-state index contributed by atoms with van der Waals surface area (Å²) >= 11 is 0. The van der Waals surface area contributed by atoms with E-state index in [-0.39, 0.29) is 23.2 Å². The van der Waals surface area contributed by atoms with E-state index in [0.29, 0.717) is 16.7 Å². The van der Waals surface area contributed by atoms with Gasteiger partial charge in [0.25, 0.3) is 0 Å². The summed E-state index contributed by atoms with van der Waals surface area (Å²) in [4.78, 5) is 25.7. The molecule has 0 bridgehead atoms. The molecule has 4 nitrogen and oxygen atoms in total. The van der Waals surface area contributed by atoms with Crippen LogP contribution in [-0.2, 0) is 11.3 Å². The summed E-state index contributed by atoms with van der Waals surface area (Å²) in [6.45, 7) is 3.87. The standard InChI is InChI=1S/C25H20O4/c1-16-8-6-9-18(14-16)15-28-25(27)21-13-7-12-20-22(26)17(2)23(29-24(20)21)19-10-4-3-5-11-19/h3-14H,15H2,1-2H3. The normalized spacial score (nSPS) is 10.8. The minimum absolute atomic E-state index is 0.151. The summed E-state index contributed by atoms with van der Waals surface area (Å²) in [6, 6.07) is 22.1. The molecular formula is C25H20O4. The molecule has 0 saturated heterocycles. The third kappa shape index (κ3) is 3.69. The van der Waals surface area contributed by atoms with Crippen LogP contribution < -0.4 is 5.43 Å². The monoisotopic (exact) mass is 384 g/mol. The minimum atomic E-state index is -0.525. The van der Waals surface area contributed by atoms with Gasteiger partial charge in [-0.1, -0.05) is 66.2 Å². The summed E-state index contributed by atoms with van der Waals surface area (Å²) in [6.07, 6.45) is 0. The molecule has 29 heavy (non-hydrogen) atoms. The fourth-order valence-electron chi connectivity index (χ4n) is 3.36. The average Bonchev–Trinajstić information content (AvgIpc) is 2.75. The van der Waals surface area contributed by atoms with Crippen molar-refractivity contribution >= 4 is 16.9 Å². The highest BCUT2D eigenvalue weighted by Crippen LogP contribution is 2.27. The van der Waals surface area contributed by atoms with Crippen molar-refractivity contribution < 1.29 is 13.9 Å². The molecule has 0 amide bonds. The minimum Gasteiger partial charge on any atom is -0.457 e. The molecular weight excluding hydrogens is 364 g/mol. The first-order chi connectivity index (χ1) is 14.0. The van der Waals surface area contributed by atoms with E-state index in [0.717, 1.165) is 16.7 Å². The zero-order valence-electron chi connectivity index (χ0n) is 16.3. The van der Waals surface area contributed by atoms with Crippen LogP contribution in [0.2, 0.25) is 0 Å². The maximum atomic E-state index is 12.9. The van der Waals surface area contributed by atoms with Crippen LogP contribution in [0.1, 0.15) is 27.0 Å². The molecule has 0 aliphatic heterocycles. The largest absolute Gasteiger partial charge is 0.457 e. The van der Waals surface area contributed by atoms with Crippen molar-refractivity contribution in [2.75, 3.05) is 0 Å². The lowest BCUT2D eigenvalue weighted by molar-refractivity contribution is 0.0473. The quantitative estimate of drug-likeness (QED) is 0.440. The van der Waals surface area contributed by atoms with Gasteiger partial charge in [-0.25, -0.2) is 4.79 Å². The Morgan fingerprint density at radius 2 is 1.69 bits per heavy atom. The third-order valence-corrected chi connectivity index (χ3v) is 4.85. The van der Waals surface area contributed by atoms with Gasteiger partial charge < -0.3 is 9.15 Å². The average molecular weight is 384 g/mol. The summed E-state index contributed by atoms with van der Waals surface area (Å²) in [5, 5.41) is 0.368. The first-order valence-electron chi connectivity index (χ1n) is 9.39. The first-order valence-corrected chi connectivity index (χ1v) is 9.39. The highest BCUT2D eigenvalue weighted by Gasteiger charge is 2.19. The second-order valence-electron chi connectivity index (χ2n) is 7.00. The molecule has 0 fully saturated rings. The number of para-hydroxylation sites is 1. The number of hydrogen-bond acceptors (Lipinski definition) is 4. The Morgan fingerprint density at radius 1 is 0.931 bits per heavy atom. The molecule has 0 spiro atoms. The molecule has 0 atom stereocenters. The van der Waals surface area contributed by atoms with Crippen molar-refractivity contribution in [1.29, 1.82) is 0 Å². The van der Waals surface area contributed by atoms with Crippen LogP contribution in [0.4, 0.5) is 0 Å². The van der Waals surface area contributed by atoms with Crippen LogP contribution >= 0.6 is 0 Å². The summed E-state index contributed by atoms with van der Waals surface area (Å²) in [5.74, 6) is -0.0647. The molecule has 0 N–H and O–H groups in total. The van der Waals surface area contributed by atoms with Gasteiger partial charge in [-0.05, 0) is 31.5 Å². The van der Waals surface area contributed by atoms with E-state index >= 15 is 0 Å². The topological polar surface area (TPSA) is 56.5 Å². The lowest BCUT2D eigenvalue weighted by Crippen LogP contribution is -2.11. The highest BCUT2D eigenvalue weighted by atomic mass is 16.5. The van der Waals surface area contributed by atoms with Gasteiger partial charge in [-0.3, -0.25) is 4.79 Å². The Balaban J connectivity index is 1.75. The molecule has 4 rings (SSSR count). The Hall–Kier alpha value is -3.66. The Labute approximate surface area is 168 Å². The zero-order chi connectivity index (χ0) is 20.4. The molecule has 1 aromatic heterocycles. The van der Waals surface area contributed by atoms with Crippen LogP contribution in [0.5, 0.6) is 0 Å². The smallest absolute Gasteiger partial charge is 0.342 e. The van der Waals surface area contributed by atoms with Crippen LogP contribution in [-0.4, -0.2) is 5.97 Å². The summed E-state index contributed by atoms with van der Waals surface area (Å²) in [5.41, 5.74) is 3.62. The van der Waals surface area contributed by atoms with Gasteiger partial charge in [0, 0.05) is 11.1 Å². The predicted molar refractivity (Wildman–Crippen MR) is 113 cm³/mol. The second kappa shape index (κ2) is 7.76. The van der Waals surface area contributed by atoms with Crippen LogP contribution in [0.15, 0.2) is 82.0 Å². The van der Waals surface area contributed by atoms with Gasteiger partial charge in [-0.2, -0.15) is 0 Å². The second-order valence-corrected chi connectivity index (χ2v) is 7.00. The Kier molecular flexibility index (Phi) is 5.00. The third-order valence-electron chi connectivity index (χ3n) is 4.85. The number of fused-ring (bicyclic) bond motifs is 1. The van der Waals surface area contributed by atoms with E-state index in [4.69, 9.17) is 9.15 Å². The summed E-state index contributed by atoms with van der Waals surface area (Å²) < 4.78 is 11.6. The number of benzene rings is 3. The number of ether oxygens (including phenoxy) is 1. The van der Waals surface area contributed by atoms with Crippen LogP contribution in [0, 0.1) is 13.8 Å². The molecule has 4 heteroatoms. The van der Waals surface area contributed by atoms with E-state index in [2.05, 4.69) is 0 Å². The lowest BCUT2D eigenvalue weighted by atomic mass is 10.0. The molecule has 0 unspecified atom stereocenters. The van der Waals surface area contributed by atoms with E-state index in [9.17, 15) is 9.59 Å². The van der Waals surface area contributed by atoms with E-state index in [1.54, 1.807) is 25.1 Å². The Morgan fingerprint density at radius 3 is 2.45 bits per heavy atom. The van der Waals surface area contributed by atoms with Gasteiger partial charge in [-0.15, -0.1) is 0 Å². The van der Waals surface area contributed by atoms with Gasteiger partial charge in [0.05, 0.1) is 5.39 Å². The highest BCUT2D eigenvalue weighted by molar-refractivity contribution is 6.02. The molecule has 0 aliphatic rings. The SMILES string of the molecule is Cc1cccc(COC(=O)c2cccc3c(=O)c(C)c(-c4ccccc4)oc23)c1.